The fourth-order valence-electron chi connectivity index (χ4n) is 2.82. The van der Waals surface area contributed by atoms with Crippen LogP contribution >= 0.6 is 15.6 Å². The van der Waals surface area contributed by atoms with Gasteiger partial charge in [0.2, 0.25) is 0 Å². The molecule has 0 amide bonds. The standard InChI is InChI=1S/C15H18B2P2/c1-16-17(2)19(15-11-7-4-8-12-15)13-18(16)14-9-5-3-6-10-14/h3-12H,13H2,1-2H3. The van der Waals surface area contributed by atoms with Crippen molar-refractivity contribution in [2.75, 3.05) is 5.90 Å². The summed E-state index contributed by atoms with van der Waals surface area (Å²) in [6.07, 6.45) is 1.70. The molecule has 2 aromatic carbocycles. The van der Waals surface area contributed by atoms with Gasteiger partial charge in [-0.15, -0.1) is 15.6 Å². The Morgan fingerprint density at radius 2 is 1.05 bits per heavy atom. The maximum absolute atomic E-state index is 2.47. The van der Waals surface area contributed by atoms with Crippen molar-refractivity contribution in [3.8, 4) is 0 Å². The predicted octanol–water partition coefficient (Wildman–Crippen LogP) is 3.89. The monoisotopic (exact) mass is 282 g/mol. The van der Waals surface area contributed by atoms with E-state index < -0.39 is 0 Å². The van der Waals surface area contributed by atoms with Crippen LogP contribution in [-0.2, 0) is 0 Å². The van der Waals surface area contributed by atoms with Crippen molar-refractivity contribution in [1.29, 1.82) is 0 Å². The molecular weight excluding hydrogens is 264 g/mol. The van der Waals surface area contributed by atoms with Gasteiger partial charge in [-0.2, -0.15) is 0 Å². The van der Waals surface area contributed by atoms with Crippen LogP contribution in [-0.4, -0.2) is 18.5 Å². The van der Waals surface area contributed by atoms with E-state index in [0.29, 0.717) is 0 Å². The van der Waals surface area contributed by atoms with Gasteiger partial charge in [0.05, 0.1) is 0 Å². The SMILES string of the molecule is CB1B(C)P(c2ccccc2)CP1c1ccccc1. The maximum Gasteiger partial charge on any atom is 0.149 e. The van der Waals surface area contributed by atoms with Gasteiger partial charge in [-0.3, -0.25) is 0 Å². The topological polar surface area (TPSA) is 0 Å². The van der Waals surface area contributed by atoms with Crippen LogP contribution in [0.15, 0.2) is 60.7 Å². The number of hydrogen-bond acceptors (Lipinski definition) is 0. The smallest absolute Gasteiger partial charge is 0.114 e. The Morgan fingerprint density at radius 1 is 0.684 bits per heavy atom. The molecule has 94 valence electrons. The van der Waals surface area contributed by atoms with E-state index in [0.717, 1.165) is 12.6 Å². The number of rotatable bonds is 2. The van der Waals surface area contributed by atoms with Gasteiger partial charge in [-0.25, -0.2) is 0 Å². The summed E-state index contributed by atoms with van der Waals surface area (Å²) < 4.78 is 0. The minimum atomic E-state index is 0.0251. The van der Waals surface area contributed by atoms with E-state index in [4.69, 9.17) is 0 Å². The quantitative estimate of drug-likeness (QED) is 0.579. The fraction of sp³-hybridized carbons (Fsp3) is 0.200. The summed E-state index contributed by atoms with van der Waals surface area (Å²) in [7, 11) is 0.0502. The van der Waals surface area contributed by atoms with E-state index in [2.05, 4.69) is 74.3 Å². The maximum atomic E-state index is 2.47. The molecule has 0 N–H and O–H groups in total. The average Bonchev–Trinajstić information content (AvgIpc) is 2.77. The average molecular weight is 282 g/mol. The molecule has 4 heteroatoms. The molecule has 1 heterocycles. The van der Waals surface area contributed by atoms with Crippen molar-refractivity contribution >= 4 is 38.9 Å². The summed E-state index contributed by atoms with van der Waals surface area (Å²) in [5, 5.41) is 3.19. The minimum absolute atomic E-state index is 0.0251. The molecule has 0 nitrogen and oxygen atoms in total. The highest BCUT2D eigenvalue weighted by molar-refractivity contribution is 8.28. The lowest BCUT2D eigenvalue weighted by atomic mass is 9.38. The molecule has 0 aromatic heterocycles. The molecular formula is C15H18B2P2. The summed E-state index contributed by atoms with van der Waals surface area (Å²) in [4.78, 5) is 0. The highest BCUT2D eigenvalue weighted by Crippen LogP contribution is 2.61. The van der Waals surface area contributed by atoms with E-state index >= 15 is 0 Å². The molecule has 1 fully saturated rings. The first-order valence-corrected chi connectivity index (χ1v) is 10.1. The molecule has 1 aliphatic rings. The Balaban J connectivity index is 1.88. The lowest BCUT2D eigenvalue weighted by Gasteiger charge is -2.16. The molecule has 3 rings (SSSR count). The predicted molar refractivity (Wildman–Crippen MR) is 94.1 cm³/mol. The molecule has 0 saturated carbocycles. The summed E-state index contributed by atoms with van der Waals surface area (Å²) in [5.41, 5.74) is 0. The van der Waals surface area contributed by atoms with Gasteiger partial charge < -0.3 is 0 Å². The summed E-state index contributed by atoms with van der Waals surface area (Å²) in [5.74, 6) is 1.42. The largest absolute Gasteiger partial charge is 0.149 e. The molecule has 0 spiro atoms. The van der Waals surface area contributed by atoms with Crippen LogP contribution in [0.25, 0.3) is 0 Å². The third-order valence-electron chi connectivity index (χ3n) is 4.16. The third kappa shape index (κ3) is 2.67. The Kier molecular flexibility index (Phi) is 4.11. The van der Waals surface area contributed by atoms with Gasteiger partial charge in [0.1, 0.15) is 12.6 Å². The van der Waals surface area contributed by atoms with E-state index in [1.54, 1.807) is 10.6 Å². The van der Waals surface area contributed by atoms with Crippen molar-refractivity contribution in [3.63, 3.8) is 0 Å². The van der Waals surface area contributed by atoms with Crippen molar-refractivity contribution in [1.82, 2.24) is 0 Å². The van der Waals surface area contributed by atoms with E-state index in [-0.39, 0.29) is 15.6 Å². The van der Waals surface area contributed by atoms with E-state index in [1.807, 2.05) is 0 Å². The molecule has 0 aliphatic carbocycles. The van der Waals surface area contributed by atoms with Crippen LogP contribution in [0.2, 0.25) is 13.6 Å². The lowest BCUT2D eigenvalue weighted by molar-refractivity contribution is 1.77. The molecule has 1 saturated heterocycles. The van der Waals surface area contributed by atoms with Crippen LogP contribution < -0.4 is 10.6 Å². The first-order chi connectivity index (χ1) is 9.27. The number of benzene rings is 2. The van der Waals surface area contributed by atoms with Crippen LogP contribution in [0, 0.1) is 0 Å². The van der Waals surface area contributed by atoms with Crippen molar-refractivity contribution in [3.05, 3.63) is 60.7 Å². The Bertz CT molecular complexity index is 483. The molecule has 2 atom stereocenters. The van der Waals surface area contributed by atoms with Crippen LogP contribution in [0.3, 0.4) is 0 Å². The zero-order chi connectivity index (χ0) is 13.2. The number of hydrogen-bond donors (Lipinski definition) is 0. The molecule has 1 aliphatic heterocycles. The normalized spacial score (nSPS) is 22.8. The second kappa shape index (κ2) is 5.82. The zero-order valence-electron chi connectivity index (χ0n) is 11.5. The molecule has 0 bridgehead atoms. The van der Waals surface area contributed by atoms with Gasteiger partial charge in [0.15, 0.2) is 0 Å². The van der Waals surface area contributed by atoms with E-state index in [9.17, 15) is 0 Å². The van der Waals surface area contributed by atoms with Gasteiger partial charge in [-0.1, -0.05) is 74.3 Å². The van der Waals surface area contributed by atoms with Gasteiger partial charge in [0, 0.05) is 0 Å². The molecule has 2 unspecified atom stereocenters. The van der Waals surface area contributed by atoms with Crippen LogP contribution in [0.5, 0.6) is 0 Å². The van der Waals surface area contributed by atoms with Crippen LogP contribution in [0.4, 0.5) is 0 Å². The van der Waals surface area contributed by atoms with Gasteiger partial charge >= 0.3 is 0 Å². The highest BCUT2D eigenvalue weighted by atomic mass is 31.2. The van der Waals surface area contributed by atoms with E-state index in [1.165, 1.54) is 5.90 Å². The molecule has 19 heavy (non-hydrogen) atoms. The lowest BCUT2D eigenvalue weighted by Crippen LogP contribution is -2.25. The zero-order valence-corrected chi connectivity index (χ0v) is 13.3. The Labute approximate surface area is 119 Å². The summed E-state index contributed by atoms with van der Waals surface area (Å²) in [6, 6.07) is 22.4. The third-order valence-corrected chi connectivity index (χ3v) is 11.6. The van der Waals surface area contributed by atoms with Crippen LogP contribution in [0.1, 0.15) is 0 Å². The summed E-state index contributed by atoms with van der Waals surface area (Å²) >= 11 is 0. The van der Waals surface area contributed by atoms with Crippen molar-refractivity contribution in [2.24, 2.45) is 0 Å². The second-order valence-electron chi connectivity index (χ2n) is 5.23. The first-order valence-electron chi connectivity index (χ1n) is 6.91. The second-order valence-corrected chi connectivity index (χ2v) is 10.9. The molecule has 2 aromatic rings. The fourth-order valence-corrected chi connectivity index (χ4v) is 11.6. The van der Waals surface area contributed by atoms with Crippen molar-refractivity contribution < 1.29 is 0 Å². The summed E-state index contributed by atoms with van der Waals surface area (Å²) in [6.45, 7) is 4.93. The molecule has 0 radical (unpaired) electrons. The minimum Gasteiger partial charge on any atom is -0.114 e. The highest BCUT2D eigenvalue weighted by Gasteiger charge is 2.42. The Morgan fingerprint density at radius 3 is 1.42 bits per heavy atom. The van der Waals surface area contributed by atoms with Gasteiger partial charge in [0.25, 0.3) is 0 Å². The van der Waals surface area contributed by atoms with Crippen molar-refractivity contribution in [2.45, 2.75) is 13.6 Å². The van der Waals surface area contributed by atoms with Gasteiger partial charge in [-0.05, 0) is 16.5 Å². The first kappa shape index (κ1) is 13.4. The Hall–Kier alpha value is -0.570.